The Morgan fingerprint density at radius 2 is 1.53 bits per heavy atom. The second-order valence-electron chi connectivity index (χ2n) is 5.99. The lowest BCUT2D eigenvalue weighted by atomic mass is 9.80. The molecule has 0 unspecified atom stereocenters. The lowest BCUT2D eigenvalue weighted by Crippen LogP contribution is -2.15. The summed E-state index contributed by atoms with van der Waals surface area (Å²) >= 11 is 1.94. The van der Waals surface area contributed by atoms with E-state index in [0.29, 0.717) is 11.8 Å². The molecular formula is C14H24S. The topological polar surface area (TPSA) is 0 Å². The molecule has 0 bridgehead atoms. The largest absolute Gasteiger partial charge is 0.148 e. The summed E-state index contributed by atoms with van der Waals surface area (Å²) in [6, 6.07) is 0. The van der Waals surface area contributed by atoms with Crippen LogP contribution in [0, 0.1) is 0 Å². The quantitative estimate of drug-likeness (QED) is 0.640. The molecule has 86 valence electrons. The lowest BCUT2D eigenvalue weighted by molar-refractivity contribution is 0.570. The third kappa shape index (κ3) is 2.63. The third-order valence-electron chi connectivity index (χ3n) is 2.74. The standard InChI is InChI=1S/C14H24S/c1-9(2)11-8-15-13(10(3)4)12(11)14(5,6)7/h8-10H,1-7H3. The fraction of sp³-hybridized carbons (Fsp3) is 0.714. The molecule has 0 radical (unpaired) electrons. The van der Waals surface area contributed by atoms with Gasteiger partial charge in [0.25, 0.3) is 0 Å². The van der Waals surface area contributed by atoms with Crippen molar-refractivity contribution in [3.63, 3.8) is 0 Å². The Bertz CT molecular complexity index is 298. The molecule has 0 spiro atoms. The second kappa shape index (κ2) is 4.29. The summed E-state index contributed by atoms with van der Waals surface area (Å²) in [4.78, 5) is 1.58. The first-order valence-corrected chi connectivity index (χ1v) is 6.74. The van der Waals surface area contributed by atoms with Gasteiger partial charge in [0.2, 0.25) is 0 Å². The first-order chi connectivity index (χ1) is 6.75. The van der Waals surface area contributed by atoms with Crippen LogP contribution in [0.25, 0.3) is 0 Å². The Labute approximate surface area is 98.7 Å². The molecule has 0 nitrogen and oxygen atoms in total. The van der Waals surface area contributed by atoms with Crippen LogP contribution in [0.1, 0.15) is 76.3 Å². The molecular weight excluding hydrogens is 200 g/mol. The van der Waals surface area contributed by atoms with Crippen LogP contribution >= 0.6 is 11.3 Å². The molecule has 0 N–H and O–H groups in total. The van der Waals surface area contributed by atoms with Crippen LogP contribution in [-0.2, 0) is 5.41 Å². The smallest absolute Gasteiger partial charge is 0.0111 e. The van der Waals surface area contributed by atoms with E-state index in [1.165, 1.54) is 0 Å². The zero-order valence-corrected chi connectivity index (χ0v) is 12.0. The van der Waals surface area contributed by atoms with Crippen molar-refractivity contribution in [3.05, 3.63) is 21.4 Å². The lowest BCUT2D eigenvalue weighted by Gasteiger charge is -2.24. The molecule has 1 heterocycles. The molecule has 1 heteroatoms. The van der Waals surface area contributed by atoms with Crippen LogP contribution in [0.2, 0.25) is 0 Å². The van der Waals surface area contributed by atoms with Crippen molar-refractivity contribution in [1.29, 1.82) is 0 Å². The molecule has 0 aromatic carbocycles. The summed E-state index contributed by atoms with van der Waals surface area (Å²) in [7, 11) is 0. The predicted molar refractivity (Wildman–Crippen MR) is 71.2 cm³/mol. The number of rotatable bonds is 2. The molecule has 1 rings (SSSR count). The highest BCUT2D eigenvalue weighted by atomic mass is 32.1. The highest BCUT2D eigenvalue weighted by Gasteiger charge is 2.25. The molecule has 1 aromatic heterocycles. The van der Waals surface area contributed by atoms with E-state index < -0.39 is 0 Å². The van der Waals surface area contributed by atoms with Crippen LogP contribution in [0.4, 0.5) is 0 Å². The van der Waals surface area contributed by atoms with Gasteiger partial charge < -0.3 is 0 Å². The fourth-order valence-electron chi connectivity index (χ4n) is 2.04. The Balaban J connectivity index is 3.34. The van der Waals surface area contributed by atoms with Gasteiger partial charge in [0.05, 0.1) is 0 Å². The summed E-state index contributed by atoms with van der Waals surface area (Å²) < 4.78 is 0. The van der Waals surface area contributed by atoms with Gasteiger partial charge in [-0.2, -0.15) is 0 Å². The third-order valence-corrected chi connectivity index (χ3v) is 4.05. The summed E-state index contributed by atoms with van der Waals surface area (Å²) in [5, 5.41) is 2.36. The highest BCUT2D eigenvalue weighted by Crippen LogP contribution is 2.40. The van der Waals surface area contributed by atoms with Crippen LogP contribution in [0.15, 0.2) is 5.38 Å². The van der Waals surface area contributed by atoms with E-state index in [9.17, 15) is 0 Å². The second-order valence-corrected chi connectivity index (χ2v) is 6.90. The van der Waals surface area contributed by atoms with E-state index in [0.717, 1.165) is 0 Å². The zero-order valence-electron chi connectivity index (χ0n) is 11.1. The Hall–Kier alpha value is -0.300. The van der Waals surface area contributed by atoms with E-state index in [4.69, 9.17) is 0 Å². The van der Waals surface area contributed by atoms with Gasteiger partial charge in [-0.25, -0.2) is 0 Å². The normalized spacial score (nSPS) is 12.9. The van der Waals surface area contributed by atoms with Gasteiger partial charge in [-0.05, 0) is 33.8 Å². The first-order valence-electron chi connectivity index (χ1n) is 5.87. The van der Waals surface area contributed by atoms with E-state index in [1.54, 1.807) is 16.0 Å². The van der Waals surface area contributed by atoms with Crippen molar-refractivity contribution in [1.82, 2.24) is 0 Å². The van der Waals surface area contributed by atoms with Crippen LogP contribution in [0.5, 0.6) is 0 Å². The SMILES string of the molecule is CC(C)c1csc(C(C)C)c1C(C)(C)C. The van der Waals surface area contributed by atoms with Gasteiger partial charge in [0, 0.05) is 4.88 Å². The monoisotopic (exact) mass is 224 g/mol. The van der Waals surface area contributed by atoms with Gasteiger partial charge in [0.1, 0.15) is 0 Å². The van der Waals surface area contributed by atoms with E-state index in [-0.39, 0.29) is 5.41 Å². The fourth-order valence-corrected chi connectivity index (χ4v) is 3.50. The molecule has 0 fully saturated rings. The molecule has 0 atom stereocenters. The van der Waals surface area contributed by atoms with Crippen molar-refractivity contribution in [2.75, 3.05) is 0 Å². The maximum Gasteiger partial charge on any atom is 0.0111 e. The summed E-state index contributed by atoms with van der Waals surface area (Å²) in [5.74, 6) is 1.29. The highest BCUT2D eigenvalue weighted by molar-refractivity contribution is 7.10. The average Bonchev–Trinajstić information content (AvgIpc) is 2.45. The van der Waals surface area contributed by atoms with Gasteiger partial charge in [-0.1, -0.05) is 48.5 Å². The minimum atomic E-state index is 0.277. The first kappa shape index (κ1) is 12.8. The van der Waals surface area contributed by atoms with Crippen molar-refractivity contribution in [2.45, 2.75) is 65.7 Å². The van der Waals surface area contributed by atoms with E-state index >= 15 is 0 Å². The molecule has 0 aliphatic rings. The van der Waals surface area contributed by atoms with Gasteiger partial charge in [-0.3, -0.25) is 0 Å². The van der Waals surface area contributed by atoms with E-state index in [1.807, 2.05) is 11.3 Å². The van der Waals surface area contributed by atoms with Crippen molar-refractivity contribution < 1.29 is 0 Å². The van der Waals surface area contributed by atoms with Crippen LogP contribution in [0.3, 0.4) is 0 Å². The number of thiophene rings is 1. The summed E-state index contributed by atoms with van der Waals surface area (Å²) in [6.07, 6.45) is 0. The Kier molecular flexibility index (Phi) is 3.65. The summed E-state index contributed by atoms with van der Waals surface area (Å²) in [5.41, 5.74) is 3.42. The predicted octanol–water partition coefficient (Wildman–Crippen LogP) is 5.29. The van der Waals surface area contributed by atoms with Crippen molar-refractivity contribution in [2.24, 2.45) is 0 Å². The molecule has 0 aliphatic heterocycles. The maximum absolute atomic E-state index is 2.36. The Morgan fingerprint density at radius 3 is 1.87 bits per heavy atom. The minimum absolute atomic E-state index is 0.277. The molecule has 0 saturated carbocycles. The minimum Gasteiger partial charge on any atom is -0.148 e. The molecule has 0 amide bonds. The van der Waals surface area contributed by atoms with Crippen LogP contribution in [-0.4, -0.2) is 0 Å². The van der Waals surface area contributed by atoms with Gasteiger partial charge >= 0.3 is 0 Å². The number of hydrogen-bond donors (Lipinski definition) is 0. The Morgan fingerprint density at radius 1 is 1.00 bits per heavy atom. The molecule has 0 saturated heterocycles. The molecule has 0 aliphatic carbocycles. The number of hydrogen-bond acceptors (Lipinski definition) is 1. The average molecular weight is 224 g/mol. The van der Waals surface area contributed by atoms with Crippen LogP contribution < -0.4 is 0 Å². The van der Waals surface area contributed by atoms with E-state index in [2.05, 4.69) is 53.8 Å². The summed E-state index contributed by atoms with van der Waals surface area (Å²) in [6.45, 7) is 16.2. The zero-order chi connectivity index (χ0) is 11.8. The van der Waals surface area contributed by atoms with Gasteiger partial charge in [0.15, 0.2) is 0 Å². The molecule has 15 heavy (non-hydrogen) atoms. The molecule has 1 aromatic rings. The van der Waals surface area contributed by atoms with Crippen molar-refractivity contribution >= 4 is 11.3 Å². The van der Waals surface area contributed by atoms with Crippen molar-refractivity contribution in [3.8, 4) is 0 Å². The maximum atomic E-state index is 2.36. The van der Waals surface area contributed by atoms with Gasteiger partial charge in [-0.15, -0.1) is 11.3 Å².